The standard InChI is InChI=1S/C22H25N3O4/c1-14-18(15(2)25(24-14)16-9-7-6-8-10-16)13-23-22(26)17-11-12-19(27-3)21(29-5)20(17)28-4/h6-12H,13H2,1-5H3,(H,23,26). The normalized spacial score (nSPS) is 10.5. The predicted molar refractivity (Wildman–Crippen MR) is 110 cm³/mol. The maximum absolute atomic E-state index is 12.9. The molecule has 1 amide bonds. The molecule has 3 rings (SSSR count). The lowest BCUT2D eigenvalue weighted by atomic mass is 10.1. The summed E-state index contributed by atoms with van der Waals surface area (Å²) in [6.07, 6.45) is 0. The summed E-state index contributed by atoms with van der Waals surface area (Å²) in [4.78, 5) is 12.9. The fourth-order valence-corrected chi connectivity index (χ4v) is 3.30. The number of methoxy groups -OCH3 is 3. The van der Waals surface area contributed by atoms with Gasteiger partial charge in [0.2, 0.25) is 5.75 Å². The number of amides is 1. The van der Waals surface area contributed by atoms with Crippen LogP contribution in [0.1, 0.15) is 27.3 Å². The van der Waals surface area contributed by atoms with Crippen LogP contribution in [0.2, 0.25) is 0 Å². The molecule has 0 fully saturated rings. The quantitative estimate of drug-likeness (QED) is 0.663. The van der Waals surface area contributed by atoms with Crippen molar-refractivity contribution >= 4 is 5.91 Å². The van der Waals surface area contributed by atoms with Gasteiger partial charge in [-0.3, -0.25) is 4.79 Å². The molecule has 0 bridgehead atoms. The van der Waals surface area contributed by atoms with Gasteiger partial charge in [-0.15, -0.1) is 0 Å². The second-order valence-electron chi connectivity index (χ2n) is 6.46. The first-order valence-electron chi connectivity index (χ1n) is 9.19. The van der Waals surface area contributed by atoms with Crippen LogP contribution in [-0.2, 0) is 6.54 Å². The minimum atomic E-state index is -0.269. The lowest BCUT2D eigenvalue weighted by Crippen LogP contribution is -2.24. The molecule has 0 saturated heterocycles. The molecular weight excluding hydrogens is 370 g/mol. The summed E-state index contributed by atoms with van der Waals surface area (Å²) < 4.78 is 17.9. The topological polar surface area (TPSA) is 74.6 Å². The SMILES string of the molecule is COc1ccc(C(=O)NCc2c(C)nn(-c3ccccc3)c2C)c(OC)c1OC. The van der Waals surface area contributed by atoms with Crippen molar-refractivity contribution in [3.8, 4) is 22.9 Å². The summed E-state index contributed by atoms with van der Waals surface area (Å²) in [5, 5.41) is 7.58. The zero-order valence-electron chi connectivity index (χ0n) is 17.3. The Morgan fingerprint density at radius 2 is 1.66 bits per heavy atom. The summed E-state index contributed by atoms with van der Waals surface area (Å²) in [6.45, 7) is 4.28. The first-order valence-corrected chi connectivity index (χ1v) is 9.19. The van der Waals surface area contributed by atoms with Crippen LogP contribution in [0.4, 0.5) is 0 Å². The van der Waals surface area contributed by atoms with Crippen LogP contribution >= 0.6 is 0 Å². The average Bonchev–Trinajstić information content (AvgIpc) is 3.04. The third-order valence-corrected chi connectivity index (χ3v) is 4.82. The van der Waals surface area contributed by atoms with Gasteiger partial charge in [0.25, 0.3) is 5.91 Å². The van der Waals surface area contributed by atoms with Gasteiger partial charge >= 0.3 is 0 Å². The largest absolute Gasteiger partial charge is 0.493 e. The van der Waals surface area contributed by atoms with Crippen LogP contribution in [0.25, 0.3) is 5.69 Å². The Labute approximate surface area is 170 Å². The Morgan fingerprint density at radius 1 is 0.966 bits per heavy atom. The van der Waals surface area contributed by atoms with Crippen molar-refractivity contribution in [1.29, 1.82) is 0 Å². The molecule has 0 saturated carbocycles. The summed E-state index contributed by atoms with van der Waals surface area (Å²) >= 11 is 0. The molecule has 0 aliphatic rings. The molecule has 7 heteroatoms. The van der Waals surface area contributed by atoms with Gasteiger partial charge in [-0.1, -0.05) is 18.2 Å². The molecule has 1 aromatic heterocycles. The molecule has 0 radical (unpaired) electrons. The van der Waals surface area contributed by atoms with Gasteiger partial charge in [-0.2, -0.15) is 5.10 Å². The summed E-state index contributed by atoms with van der Waals surface area (Å²) in [7, 11) is 4.53. The van der Waals surface area contributed by atoms with Gasteiger partial charge in [0.05, 0.1) is 38.3 Å². The Kier molecular flexibility index (Phi) is 6.07. The van der Waals surface area contributed by atoms with Crippen LogP contribution in [0.15, 0.2) is 42.5 Å². The van der Waals surface area contributed by atoms with Gasteiger partial charge in [0.1, 0.15) is 0 Å². The molecule has 0 atom stereocenters. The van der Waals surface area contributed by atoms with E-state index < -0.39 is 0 Å². The monoisotopic (exact) mass is 395 g/mol. The molecule has 1 heterocycles. The molecule has 3 aromatic rings. The van der Waals surface area contributed by atoms with E-state index in [1.807, 2.05) is 48.9 Å². The van der Waals surface area contributed by atoms with Crippen molar-refractivity contribution in [2.24, 2.45) is 0 Å². The van der Waals surface area contributed by atoms with E-state index in [4.69, 9.17) is 14.2 Å². The smallest absolute Gasteiger partial charge is 0.255 e. The number of benzene rings is 2. The maximum Gasteiger partial charge on any atom is 0.255 e. The summed E-state index contributed by atoms with van der Waals surface area (Å²) in [6, 6.07) is 13.2. The van der Waals surface area contributed by atoms with Gasteiger partial charge < -0.3 is 19.5 Å². The van der Waals surface area contributed by atoms with E-state index in [2.05, 4.69) is 10.4 Å². The number of rotatable bonds is 7. The lowest BCUT2D eigenvalue weighted by Gasteiger charge is -2.15. The van der Waals surface area contributed by atoms with E-state index in [-0.39, 0.29) is 5.91 Å². The zero-order chi connectivity index (χ0) is 21.0. The van der Waals surface area contributed by atoms with Gasteiger partial charge in [0, 0.05) is 17.8 Å². The van der Waals surface area contributed by atoms with Crippen molar-refractivity contribution in [3.05, 3.63) is 65.0 Å². The molecule has 7 nitrogen and oxygen atoms in total. The fourth-order valence-electron chi connectivity index (χ4n) is 3.30. The highest BCUT2D eigenvalue weighted by molar-refractivity contribution is 5.98. The Balaban J connectivity index is 1.84. The molecule has 0 aliphatic heterocycles. The molecule has 0 spiro atoms. The number of hydrogen-bond donors (Lipinski definition) is 1. The van der Waals surface area contributed by atoms with Crippen molar-refractivity contribution in [2.75, 3.05) is 21.3 Å². The van der Waals surface area contributed by atoms with Crippen LogP contribution in [0.3, 0.4) is 0 Å². The second-order valence-corrected chi connectivity index (χ2v) is 6.46. The number of carbonyl (C=O) groups excluding carboxylic acids is 1. The number of nitrogens with zero attached hydrogens (tertiary/aromatic N) is 2. The lowest BCUT2D eigenvalue weighted by molar-refractivity contribution is 0.0947. The molecule has 2 aromatic carbocycles. The van der Waals surface area contributed by atoms with Gasteiger partial charge in [-0.25, -0.2) is 4.68 Å². The van der Waals surface area contributed by atoms with Crippen molar-refractivity contribution < 1.29 is 19.0 Å². The first-order chi connectivity index (χ1) is 14.0. The zero-order valence-corrected chi connectivity index (χ0v) is 17.3. The highest BCUT2D eigenvalue weighted by atomic mass is 16.5. The highest BCUT2D eigenvalue weighted by Gasteiger charge is 2.21. The van der Waals surface area contributed by atoms with Gasteiger partial charge in [0.15, 0.2) is 11.5 Å². The Morgan fingerprint density at radius 3 is 2.28 bits per heavy atom. The van der Waals surface area contributed by atoms with E-state index in [9.17, 15) is 4.79 Å². The van der Waals surface area contributed by atoms with E-state index >= 15 is 0 Å². The third-order valence-electron chi connectivity index (χ3n) is 4.82. The van der Waals surface area contributed by atoms with Crippen molar-refractivity contribution in [1.82, 2.24) is 15.1 Å². The predicted octanol–water partition coefficient (Wildman–Crippen LogP) is 3.44. The third kappa shape index (κ3) is 3.89. The number of ether oxygens (including phenoxy) is 3. The molecule has 0 unspecified atom stereocenters. The summed E-state index contributed by atoms with van der Waals surface area (Å²) in [5.41, 5.74) is 4.17. The first kappa shape index (κ1) is 20.3. The molecule has 29 heavy (non-hydrogen) atoms. The molecule has 0 aliphatic carbocycles. The van der Waals surface area contributed by atoms with E-state index in [0.29, 0.717) is 29.4 Å². The number of nitrogens with one attached hydrogen (secondary N) is 1. The summed E-state index contributed by atoms with van der Waals surface area (Å²) in [5.74, 6) is 0.940. The molecular formula is C22H25N3O4. The number of para-hydroxylation sites is 1. The molecule has 1 N–H and O–H groups in total. The Hall–Kier alpha value is -3.48. The number of aryl methyl sites for hydroxylation is 1. The minimum absolute atomic E-state index is 0.269. The molecule has 152 valence electrons. The maximum atomic E-state index is 12.9. The van der Waals surface area contributed by atoms with Crippen LogP contribution < -0.4 is 19.5 Å². The van der Waals surface area contributed by atoms with Crippen LogP contribution in [-0.4, -0.2) is 37.0 Å². The van der Waals surface area contributed by atoms with E-state index in [1.165, 1.54) is 21.3 Å². The van der Waals surface area contributed by atoms with Crippen molar-refractivity contribution in [3.63, 3.8) is 0 Å². The highest BCUT2D eigenvalue weighted by Crippen LogP contribution is 2.39. The van der Waals surface area contributed by atoms with Crippen molar-refractivity contribution in [2.45, 2.75) is 20.4 Å². The minimum Gasteiger partial charge on any atom is -0.493 e. The second kappa shape index (κ2) is 8.68. The van der Waals surface area contributed by atoms with Crippen LogP contribution in [0.5, 0.6) is 17.2 Å². The fraction of sp³-hybridized carbons (Fsp3) is 0.273. The number of carbonyl (C=O) groups is 1. The average molecular weight is 395 g/mol. The van der Waals surface area contributed by atoms with E-state index in [0.717, 1.165) is 22.6 Å². The number of aromatic nitrogens is 2. The Bertz CT molecular complexity index is 1010. The van der Waals surface area contributed by atoms with Crippen LogP contribution in [0, 0.1) is 13.8 Å². The van der Waals surface area contributed by atoms with E-state index in [1.54, 1.807) is 12.1 Å². The van der Waals surface area contributed by atoms with Gasteiger partial charge in [-0.05, 0) is 38.1 Å². The number of hydrogen-bond acceptors (Lipinski definition) is 5.